The summed E-state index contributed by atoms with van der Waals surface area (Å²) in [7, 11) is 2.16. The molecule has 2 atom stereocenters. The summed E-state index contributed by atoms with van der Waals surface area (Å²) in [6.07, 6.45) is -8.27. The van der Waals surface area contributed by atoms with Crippen molar-refractivity contribution in [1.29, 1.82) is 0 Å². The van der Waals surface area contributed by atoms with Gasteiger partial charge in [-0.2, -0.15) is 26.3 Å². The fourth-order valence-corrected chi connectivity index (χ4v) is 5.31. The van der Waals surface area contributed by atoms with Crippen molar-refractivity contribution in [2.75, 3.05) is 12.4 Å². The van der Waals surface area contributed by atoms with Crippen molar-refractivity contribution in [2.24, 2.45) is 7.05 Å². The SMILES string of the molecule is CC[C@@H](Nc1cc(F)c(C(=O)N[C@@H](Cc2ccc(-c3c(C)c(C(F)(F)F)cn(C)c3=O)c3ncccc23)C(=O)OC)c(F)c1)C(F)(F)F. The Morgan fingerprint density at radius 1 is 1.04 bits per heavy atom. The first kappa shape index (κ1) is 35.8. The molecule has 0 radical (unpaired) electrons. The van der Waals surface area contributed by atoms with E-state index in [4.69, 9.17) is 4.74 Å². The van der Waals surface area contributed by atoms with E-state index in [2.05, 4.69) is 10.3 Å². The van der Waals surface area contributed by atoms with Crippen LogP contribution >= 0.6 is 0 Å². The lowest BCUT2D eigenvalue weighted by atomic mass is 9.92. The van der Waals surface area contributed by atoms with Gasteiger partial charge in [-0.1, -0.05) is 25.1 Å². The number of ether oxygens (including phenoxy) is 1. The van der Waals surface area contributed by atoms with Gasteiger partial charge in [-0.15, -0.1) is 0 Å². The standard InChI is InChI=1S/C32H28F8N4O4/c1-5-24(32(38,39)40)42-17-12-21(33)26(22(34)13-17)28(45)43-23(30(47)48-4)11-16-8-9-19(27-18(16)7-6-10-41-27)25-15(2)20(31(35,36)37)14-44(3)29(25)46/h6-10,12-14,23-24,42H,5,11H2,1-4H3,(H,43,45)/t23-,24+/m0/s1. The van der Waals surface area contributed by atoms with E-state index in [9.17, 15) is 49.5 Å². The van der Waals surface area contributed by atoms with Gasteiger partial charge in [0.15, 0.2) is 0 Å². The number of rotatable bonds is 9. The number of aromatic nitrogens is 2. The maximum absolute atomic E-state index is 14.9. The lowest BCUT2D eigenvalue weighted by molar-refractivity contribution is -0.143. The third-order valence-electron chi connectivity index (χ3n) is 7.70. The molecule has 8 nitrogen and oxygen atoms in total. The summed E-state index contributed by atoms with van der Waals surface area (Å²) in [6.45, 7) is 2.37. The first-order valence-corrected chi connectivity index (χ1v) is 14.2. The number of carbonyl (C=O) groups is 2. The quantitative estimate of drug-likeness (QED) is 0.155. The molecular formula is C32H28F8N4O4. The van der Waals surface area contributed by atoms with Crippen LogP contribution in [0.4, 0.5) is 40.8 Å². The van der Waals surface area contributed by atoms with Gasteiger partial charge in [-0.25, -0.2) is 13.6 Å². The number of methoxy groups -OCH3 is 1. The van der Waals surface area contributed by atoms with Crippen LogP contribution in [0.3, 0.4) is 0 Å². The van der Waals surface area contributed by atoms with Gasteiger partial charge in [0.1, 0.15) is 29.3 Å². The molecule has 4 aromatic rings. The molecule has 0 unspecified atom stereocenters. The average Bonchev–Trinajstić information content (AvgIpc) is 3.00. The van der Waals surface area contributed by atoms with Crippen molar-refractivity contribution in [1.82, 2.24) is 14.9 Å². The summed E-state index contributed by atoms with van der Waals surface area (Å²) in [6, 6.07) is 3.06. The van der Waals surface area contributed by atoms with Crippen molar-refractivity contribution in [3.63, 3.8) is 0 Å². The summed E-state index contributed by atoms with van der Waals surface area (Å²) in [5, 5.41) is 4.43. The van der Waals surface area contributed by atoms with Crippen LogP contribution in [0.1, 0.15) is 40.4 Å². The molecule has 0 fully saturated rings. The highest BCUT2D eigenvalue weighted by atomic mass is 19.4. The predicted molar refractivity (Wildman–Crippen MR) is 159 cm³/mol. The molecule has 2 aromatic heterocycles. The second kappa shape index (κ2) is 13.6. The molecule has 0 bridgehead atoms. The van der Waals surface area contributed by atoms with E-state index in [1.165, 1.54) is 44.4 Å². The molecule has 2 N–H and O–H groups in total. The maximum Gasteiger partial charge on any atom is 0.418 e. The van der Waals surface area contributed by atoms with Gasteiger partial charge in [-0.05, 0) is 42.7 Å². The van der Waals surface area contributed by atoms with Crippen LogP contribution in [0.5, 0.6) is 0 Å². The lowest BCUT2D eigenvalue weighted by Crippen LogP contribution is -2.43. The van der Waals surface area contributed by atoms with E-state index in [1.54, 1.807) is 0 Å². The molecule has 0 spiro atoms. The summed E-state index contributed by atoms with van der Waals surface area (Å²) >= 11 is 0. The van der Waals surface area contributed by atoms with Crippen LogP contribution in [0, 0.1) is 18.6 Å². The fourth-order valence-electron chi connectivity index (χ4n) is 5.31. The van der Waals surface area contributed by atoms with E-state index < -0.39 is 76.7 Å². The molecule has 48 heavy (non-hydrogen) atoms. The zero-order valence-corrected chi connectivity index (χ0v) is 25.7. The highest BCUT2D eigenvalue weighted by molar-refractivity contribution is 5.99. The van der Waals surface area contributed by atoms with Gasteiger partial charge < -0.3 is 19.9 Å². The van der Waals surface area contributed by atoms with E-state index in [-0.39, 0.29) is 39.6 Å². The monoisotopic (exact) mass is 684 g/mol. The minimum atomic E-state index is -4.77. The van der Waals surface area contributed by atoms with Crippen LogP contribution in [-0.4, -0.2) is 46.8 Å². The number of benzene rings is 2. The largest absolute Gasteiger partial charge is 0.467 e. The molecule has 0 aliphatic carbocycles. The number of hydrogen-bond donors (Lipinski definition) is 2. The first-order chi connectivity index (χ1) is 22.4. The van der Waals surface area contributed by atoms with Gasteiger partial charge in [0.25, 0.3) is 11.5 Å². The van der Waals surface area contributed by atoms with Gasteiger partial charge in [0.2, 0.25) is 0 Å². The van der Waals surface area contributed by atoms with Crippen LogP contribution in [0.2, 0.25) is 0 Å². The molecule has 4 rings (SSSR count). The van der Waals surface area contributed by atoms with Crippen molar-refractivity contribution in [3.05, 3.63) is 93.0 Å². The fraction of sp³-hybridized carbons (Fsp3) is 0.312. The topological polar surface area (TPSA) is 102 Å². The third kappa shape index (κ3) is 7.26. The number of pyridine rings is 2. The molecule has 1 amide bonds. The summed E-state index contributed by atoms with van der Waals surface area (Å²) in [5.74, 6) is -5.47. The molecule has 0 aliphatic heterocycles. The molecule has 16 heteroatoms. The van der Waals surface area contributed by atoms with E-state index in [0.717, 1.165) is 18.6 Å². The Bertz CT molecular complexity index is 1920. The highest BCUT2D eigenvalue weighted by Crippen LogP contribution is 2.37. The van der Waals surface area contributed by atoms with Crippen LogP contribution < -0.4 is 16.2 Å². The maximum atomic E-state index is 14.9. The van der Waals surface area contributed by atoms with Crippen molar-refractivity contribution in [3.8, 4) is 11.1 Å². The number of hydrogen-bond acceptors (Lipinski definition) is 6. The van der Waals surface area contributed by atoms with Crippen LogP contribution in [0.25, 0.3) is 22.0 Å². The van der Waals surface area contributed by atoms with Crippen molar-refractivity contribution >= 4 is 28.5 Å². The van der Waals surface area contributed by atoms with E-state index >= 15 is 0 Å². The van der Waals surface area contributed by atoms with E-state index in [0.29, 0.717) is 18.3 Å². The van der Waals surface area contributed by atoms with E-state index in [1.807, 2.05) is 5.32 Å². The molecule has 0 aliphatic rings. The number of carbonyl (C=O) groups excluding carboxylic acids is 2. The Morgan fingerprint density at radius 3 is 2.25 bits per heavy atom. The minimum Gasteiger partial charge on any atom is -0.467 e. The van der Waals surface area contributed by atoms with Crippen LogP contribution in [-0.2, 0) is 29.2 Å². The highest BCUT2D eigenvalue weighted by Gasteiger charge is 2.39. The average molecular weight is 685 g/mol. The number of nitrogens with one attached hydrogen (secondary N) is 2. The zero-order chi connectivity index (χ0) is 35.7. The Balaban J connectivity index is 1.72. The van der Waals surface area contributed by atoms with Crippen molar-refractivity contribution < 1.29 is 49.4 Å². The number of esters is 1. The smallest absolute Gasteiger partial charge is 0.418 e. The van der Waals surface area contributed by atoms with Gasteiger partial charge in [0.05, 0.1) is 23.8 Å². The number of halogens is 8. The Labute approximate surface area is 267 Å². The molecular weight excluding hydrogens is 656 g/mol. The third-order valence-corrected chi connectivity index (χ3v) is 7.70. The summed E-state index contributed by atoms with van der Waals surface area (Å²) < 4.78 is 116. The molecule has 0 saturated carbocycles. The molecule has 2 heterocycles. The predicted octanol–water partition coefficient (Wildman–Crippen LogP) is 6.47. The number of alkyl halides is 6. The number of amides is 1. The Morgan fingerprint density at radius 2 is 1.69 bits per heavy atom. The summed E-state index contributed by atoms with van der Waals surface area (Å²) in [5.41, 5.74) is -3.66. The second-order valence-electron chi connectivity index (χ2n) is 10.8. The number of aryl methyl sites for hydroxylation is 1. The normalized spacial score (nSPS) is 13.2. The number of nitrogens with zero attached hydrogens (tertiary/aromatic N) is 2. The molecule has 0 saturated heterocycles. The zero-order valence-electron chi connectivity index (χ0n) is 25.7. The van der Waals surface area contributed by atoms with Gasteiger partial charge in [0, 0.05) is 42.5 Å². The number of fused-ring (bicyclic) bond motifs is 1. The molecule has 256 valence electrons. The second-order valence-corrected chi connectivity index (χ2v) is 10.8. The van der Waals surface area contributed by atoms with Gasteiger partial charge >= 0.3 is 18.3 Å². The Kier molecular flexibility index (Phi) is 10.2. The minimum absolute atomic E-state index is 0.0610. The molecule has 2 aromatic carbocycles. The van der Waals surface area contributed by atoms with Crippen molar-refractivity contribution in [2.45, 2.75) is 51.1 Å². The number of anilines is 1. The first-order valence-electron chi connectivity index (χ1n) is 14.2. The van der Waals surface area contributed by atoms with Gasteiger partial charge in [-0.3, -0.25) is 14.6 Å². The summed E-state index contributed by atoms with van der Waals surface area (Å²) in [4.78, 5) is 43.1. The lowest BCUT2D eigenvalue weighted by Gasteiger charge is -2.22. The Hall–Kier alpha value is -5.02. The van der Waals surface area contributed by atoms with Crippen LogP contribution in [0.15, 0.2) is 53.6 Å².